The van der Waals surface area contributed by atoms with Crippen molar-refractivity contribution in [2.75, 3.05) is 44.4 Å². The van der Waals surface area contributed by atoms with Crippen LogP contribution in [0.25, 0.3) is 0 Å². The predicted molar refractivity (Wildman–Crippen MR) is 80.5 cm³/mol. The summed E-state index contributed by atoms with van der Waals surface area (Å²) >= 11 is 0. The Labute approximate surface area is 120 Å². The molecule has 0 radical (unpaired) electrons. The Morgan fingerprint density at radius 2 is 2.20 bits per heavy atom. The molecule has 0 saturated carbocycles. The summed E-state index contributed by atoms with van der Waals surface area (Å²) in [7, 11) is 1.98. The molecule has 0 unspecified atom stereocenters. The molecule has 2 rings (SSSR count). The van der Waals surface area contributed by atoms with Crippen LogP contribution in [-0.2, 0) is 9.53 Å². The number of amides is 1. The van der Waals surface area contributed by atoms with Gasteiger partial charge < -0.3 is 15.8 Å². The van der Waals surface area contributed by atoms with Crippen LogP contribution in [0, 0.1) is 5.92 Å². The first-order valence-electron chi connectivity index (χ1n) is 7.05. The van der Waals surface area contributed by atoms with Crippen molar-refractivity contribution < 1.29 is 9.53 Å². The number of anilines is 2. The highest BCUT2D eigenvalue weighted by atomic mass is 16.5. The predicted octanol–water partition coefficient (Wildman–Crippen LogP) is 1.57. The smallest absolute Gasteiger partial charge is 0.238 e. The van der Waals surface area contributed by atoms with E-state index in [1.807, 2.05) is 19.2 Å². The quantitative estimate of drug-likeness (QED) is 0.802. The fraction of sp³-hybridized carbons (Fsp3) is 0.533. The summed E-state index contributed by atoms with van der Waals surface area (Å²) in [6.07, 6.45) is 2.17. The lowest BCUT2D eigenvalue weighted by molar-refractivity contribution is -0.117. The maximum atomic E-state index is 12.0. The van der Waals surface area contributed by atoms with Crippen LogP contribution in [0.15, 0.2) is 24.3 Å². The van der Waals surface area contributed by atoms with E-state index >= 15 is 0 Å². The fourth-order valence-corrected chi connectivity index (χ4v) is 2.50. The fourth-order valence-electron chi connectivity index (χ4n) is 2.50. The molecule has 0 aliphatic carbocycles. The molecule has 0 spiro atoms. The third kappa shape index (κ3) is 4.83. The van der Waals surface area contributed by atoms with Crippen molar-refractivity contribution in [3.05, 3.63) is 24.3 Å². The van der Waals surface area contributed by atoms with Crippen molar-refractivity contribution in [1.29, 1.82) is 0 Å². The second-order valence-corrected chi connectivity index (χ2v) is 5.43. The molecule has 0 aromatic heterocycles. The molecule has 1 amide bonds. The highest BCUT2D eigenvalue weighted by Crippen LogP contribution is 2.15. The number of carbonyl (C=O) groups excluding carboxylic acids is 1. The largest absolute Gasteiger partial charge is 0.399 e. The minimum atomic E-state index is -0.00911. The Balaban J connectivity index is 1.75. The summed E-state index contributed by atoms with van der Waals surface area (Å²) in [6.45, 7) is 3.02. The first-order valence-corrected chi connectivity index (χ1v) is 7.05. The van der Waals surface area contributed by atoms with Crippen LogP contribution in [0.5, 0.6) is 0 Å². The van der Waals surface area contributed by atoms with Crippen molar-refractivity contribution in [1.82, 2.24) is 4.90 Å². The average Bonchev–Trinajstić information content (AvgIpc) is 2.39. The van der Waals surface area contributed by atoms with Crippen LogP contribution in [0.4, 0.5) is 11.4 Å². The highest BCUT2D eigenvalue weighted by Gasteiger charge is 2.17. The SMILES string of the molecule is CN(CC(=O)Nc1cccc(N)c1)CC1CCOCC1. The topological polar surface area (TPSA) is 67.6 Å². The van der Waals surface area contributed by atoms with Crippen LogP contribution in [-0.4, -0.2) is 44.2 Å². The summed E-state index contributed by atoms with van der Waals surface area (Å²) in [6, 6.07) is 7.23. The zero-order valence-electron chi connectivity index (χ0n) is 12.0. The highest BCUT2D eigenvalue weighted by molar-refractivity contribution is 5.92. The molecule has 1 aromatic rings. The number of carbonyl (C=O) groups is 1. The Bertz CT molecular complexity index is 444. The normalized spacial score (nSPS) is 16.3. The number of hydrogen-bond acceptors (Lipinski definition) is 4. The van der Waals surface area contributed by atoms with Gasteiger partial charge in [-0.05, 0) is 44.0 Å². The number of likely N-dealkylation sites (N-methyl/N-ethyl adjacent to an activating group) is 1. The summed E-state index contributed by atoms with van der Waals surface area (Å²) in [5.41, 5.74) is 7.08. The van der Waals surface area contributed by atoms with E-state index in [2.05, 4.69) is 10.2 Å². The average molecular weight is 277 g/mol. The third-order valence-electron chi connectivity index (χ3n) is 3.49. The molecule has 5 heteroatoms. The van der Waals surface area contributed by atoms with Gasteiger partial charge in [-0.2, -0.15) is 0 Å². The Kier molecular flexibility index (Phi) is 5.38. The molecule has 1 heterocycles. The molecular formula is C15H23N3O2. The number of hydrogen-bond donors (Lipinski definition) is 2. The summed E-state index contributed by atoms with van der Waals surface area (Å²) in [5, 5.41) is 2.87. The van der Waals surface area contributed by atoms with Crippen molar-refractivity contribution >= 4 is 17.3 Å². The molecule has 1 fully saturated rings. The van der Waals surface area contributed by atoms with Crippen LogP contribution in [0.3, 0.4) is 0 Å². The van der Waals surface area contributed by atoms with Crippen LogP contribution in [0.2, 0.25) is 0 Å². The summed E-state index contributed by atoms with van der Waals surface area (Å²) in [4.78, 5) is 14.0. The molecule has 5 nitrogen and oxygen atoms in total. The van der Waals surface area contributed by atoms with Crippen molar-refractivity contribution in [2.24, 2.45) is 5.92 Å². The number of nitrogens with one attached hydrogen (secondary N) is 1. The Hall–Kier alpha value is -1.59. The zero-order valence-corrected chi connectivity index (χ0v) is 12.0. The number of benzene rings is 1. The van der Waals surface area contributed by atoms with Gasteiger partial charge in [0.25, 0.3) is 0 Å². The first-order chi connectivity index (χ1) is 9.63. The van der Waals surface area contributed by atoms with Crippen LogP contribution >= 0.6 is 0 Å². The number of nitrogens with zero attached hydrogens (tertiary/aromatic N) is 1. The van der Waals surface area contributed by atoms with Crippen molar-refractivity contribution in [2.45, 2.75) is 12.8 Å². The van der Waals surface area contributed by atoms with Gasteiger partial charge in [-0.25, -0.2) is 0 Å². The van der Waals surface area contributed by atoms with Gasteiger partial charge in [-0.3, -0.25) is 9.69 Å². The van der Waals surface area contributed by atoms with Crippen molar-refractivity contribution in [3.8, 4) is 0 Å². The lowest BCUT2D eigenvalue weighted by Gasteiger charge is -2.26. The molecular weight excluding hydrogens is 254 g/mol. The van der Waals surface area contributed by atoms with E-state index in [0.717, 1.165) is 38.3 Å². The van der Waals surface area contributed by atoms with Gasteiger partial charge in [-0.1, -0.05) is 6.07 Å². The molecule has 1 aliphatic rings. The molecule has 0 atom stereocenters. The molecule has 110 valence electrons. The van der Waals surface area contributed by atoms with Gasteiger partial charge in [0.15, 0.2) is 0 Å². The first kappa shape index (κ1) is 14.8. The van der Waals surface area contributed by atoms with E-state index in [-0.39, 0.29) is 5.91 Å². The second-order valence-electron chi connectivity index (χ2n) is 5.43. The number of nitrogen functional groups attached to an aromatic ring is 1. The zero-order chi connectivity index (χ0) is 14.4. The maximum Gasteiger partial charge on any atom is 0.238 e. The minimum absolute atomic E-state index is 0.00911. The second kappa shape index (κ2) is 7.26. The van der Waals surface area contributed by atoms with E-state index in [1.54, 1.807) is 12.1 Å². The molecule has 20 heavy (non-hydrogen) atoms. The van der Waals surface area contributed by atoms with E-state index < -0.39 is 0 Å². The van der Waals surface area contributed by atoms with E-state index in [9.17, 15) is 4.79 Å². The monoisotopic (exact) mass is 277 g/mol. The standard InChI is InChI=1S/C15H23N3O2/c1-18(10-12-5-7-20-8-6-12)11-15(19)17-14-4-2-3-13(16)9-14/h2-4,9,12H,5-8,10-11,16H2,1H3,(H,17,19). The van der Waals surface area contributed by atoms with Gasteiger partial charge in [0.05, 0.1) is 6.54 Å². The lowest BCUT2D eigenvalue weighted by atomic mass is 10.00. The molecule has 1 aliphatic heterocycles. The molecule has 1 saturated heterocycles. The van der Waals surface area contributed by atoms with Crippen LogP contribution < -0.4 is 11.1 Å². The maximum absolute atomic E-state index is 12.0. The molecule has 0 bridgehead atoms. The van der Waals surface area contributed by atoms with Crippen molar-refractivity contribution in [3.63, 3.8) is 0 Å². The van der Waals surface area contributed by atoms with Gasteiger partial charge in [-0.15, -0.1) is 0 Å². The number of nitrogens with two attached hydrogens (primary N) is 1. The number of ether oxygens (including phenoxy) is 1. The molecule has 1 aromatic carbocycles. The van der Waals surface area contributed by atoms with E-state index in [0.29, 0.717) is 18.2 Å². The third-order valence-corrected chi connectivity index (χ3v) is 3.49. The van der Waals surface area contributed by atoms with E-state index in [1.165, 1.54) is 0 Å². The number of rotatable bonds is 5. The van der Waals surface area contributed by atoms with Gasteiger partial charge in [0.1, 0.15) is 0 Å². The summed E-state index contributed by atoms with van der Waals surface area (Å²) < 4.78 is 5.34. The molecule has 3 N–H and O–H groups in total. The van der Waals surface area contributed by atoms with Crippen LogP contribution in [0.1, 0.15) is 12.8 Å². The van der Waals surface area contributed by atoms with Gasteiger partial charge in [0, 0.05) is 31.1 Å². The lowest BCUT2D eigenvalue weighted by Crippen LogP contribution is -2.35. The summed E-state index contributed by atoms with van der Waals surface area (Å²) in [5.74, 6) is 0.624. The van der Waals surface area contributed by atoms with Gasteiger partial charge in [0.2, 0.25) is 5.91 Å². The van der Waals surface area contributed by atoms with E-state index in [4.69, 9.17) is 10.5 Å². The van der Waals surface area contributed by atoms with Gasteiger partial charge >= 0.3 is 0 Å². The Morgan fingerprint density at radius 1 is 1.45 bits per heavy atom. The Morgan fingerprint density at radius 3 is 2.90 bits per heavy atom. The minimum Gasteiger partial charge on any atom is -0.399 e.